The van der Waals surface area contributed by atoms with E-state index in [1.54, 1.807) is 0 Å². The Balaban J connectivity index is 1.76. The summed E-state index contributed by atoms with van der Waals surface area (Å²) < 4.78 is 33.0. The summed E-state index contributed by atoms with van der Waals surface area (Å²) in [5.74, 6) is -1.000. The van der Waals surface area contributed by atoms with Crippen molar-refractivity contribution in [3.8, 4) is 0 Å². The smallest absolute Gasteiger partial charge is 0.329 e. The van der Waals surface area contributed by atoms with E-state index in [0.29, 0.717) is 25.9 Å². The molecule has 0 aromatic heterocycles. The van der Waals surface area contributed by atoms with E-state index < -0.39 is 16.2 Å². The molecular formula is C10H18N2O5S. The normalized spacial score (nSPS) is 23.1. The molecule has 8 heteroatoms. The summed E-state index contributed by atoms with van der Waals surface area (Å²) in [5, 5.41) is 8.49. The van der Waals surface area contributed by atoms with Gasteiger partial charge < -0.3 is 9.84 Å². The van der Waals surface area contributed by atoms with E-state index in [9.17, 15) is 13.2 Å². The van der Waals surface area contributed by atoms with Gasteiger partial charge in [-0.1, -0.05) is 0 Å². The molecule has 104 valence electrons. The van der Waals surface area contributed by atoms with Gasteiger partial charge in [0.2, 0.25) is 0 Å². The van der Waals surface area contributed by atoms with Crippen LogP contribution in [0, 0.1) is 0 Å². The molecule has 2 aliphatic rings. The van der Waals surface area contributed by atoms with Gasteiger partial charge >= 0.3 is 5.97 Å². The van der Waals surface area contributed by atoms with Gasteiger partial charge in [-0.2, -0.15) is 17.4 Å². The monoisotopic (exact) mass is 278 g/mol. The second kappa shape index (κ2) is 5.52. The SMILES string of the molecule is O=C(O)COC1CCN(S(=O)(=O)NC2CC2)CC1. The van der Waals surface area contributed by atoms with Gasteiger partial charge in [-0.25, -0.2) is 4.79 Å². The number of piperidine rings is 1. The predicted molar refractivity (Wildman–Crippen MR) is 63.3 cm³/mol. The summed E-state index contributed by atoms with van der Waals surface area (Å²) in [6.07, 6.45) is 2.75. The average Bonchev–Trinajstić information content (AvgIpc) is 3.10. The molecule has 1 aliphatic carbocycles. The third-order valence-electron chi connectivity index (χ3n) is 3.08. The van der Waals surface area contributed by atoms with Crippen molar-refractivity contribution in [1.29, 1.82) is 0 Å². The summed E-state index contributed by atoms with van der Waals surface area (Å²) in [5.41, 5.74) is 0. The molecule has 0 unspecified atom stereocenters. The molecule has 0 radical (unpaired) electrons. The standard InChI is InChI=1S/C10H18N2O5S/c13-10(14)7-17-9-3-5-12(6-4-9)18(15,16)11-8-1-2-8/h8-9,11H,1-7H2,(H,13,14). The van der Waals surface area contributed by atoms with E-state index in [1.165, 1.54) is 4.31 Å². The van der Waals surface area contributed by atoms with Crippen LogP contribution in [-0.4, -0.2) is 55.6 Å². The molecule has 1 heterocycles. The van der Waals surface area contributed by atoms with Gasteiger partial charge in [0.05, 0.1) is 6.10 Å². The van der Waals surface area contributed by atoms with E-state index in [2.05, 4.69) is 4.72 Å². The molecule has 2 rings (SSSR count). The highest BCUT2D eigenvalue weighted by Crippen LogP contribution is 2.22. The van der Waals surface area contributed by atoms with Crippen LogP contribution in [0.4, 0.5) is 0 Å². The fraction of sp³-hybridized carbons (Fsp3) is 0.900. The van der Waals surface area contributed by atoms with Crippen LogP contribution in [0.2, 0.25) is 0 Å². The Morgan fingerprint density at radius 3 is 2.39 bits per heavy atom. The first-order valence-corrected chi connectivity index (χ1v) is 7.52. The van der Waals surface area contributed by atoms with E-state index in [4.69, 9.17) is 9.84 Å². The molecule has 0 atom stereocenters. The van der Waals surface area contributed by atoms with Crippen LogP contribution in [0.1, 0.15) is 25.7 Å². The summed E-state index contributed by atoms with van der Waals surface area (Å²) >= 11 is 0. The number of rotatable bonds is 6. The molecule has 0 spiro atoms. The van der Waals surface area contributed by atoms with Gasteiger partial charge in [-0.3, -0.25) is 0 Å². The Bertz CT molecular complexity index is 398. The number of hydrogen-bond acceptors (Lipinski definition) is 4. The highest BCUT2D eigenvalue weighted by molar-refractivity contribution is 7.87. The van der Waals surface area contributed by atoms with Crippen LogP contribution in [0.5, 0.6) is 0 Å². The molecule has 0 amide bonds. The van der Waals surface area contributed by atoms with Crippen molar-refractivity contribution >= 4 is 16.2 Å². The Hall–Kier alpha value is -0.700. The van der Waals surface area contributed by atoms with Crippen LogP contribution in [0.25, 0.3) is 0 Å². The van der Waals surface area contributed by atoms with Crippen molar-refractivity contribution in [2.75, 3.05) is 19.7 Å². The zero-order chi connectivity index (χ0) is 13.2. The lowest BCUT2D eigenvalue weighted by molar-refractivity contribution is -0.145. The topological polar surface area (TPSA) is 95.9 Å². The van der Waals surface area contributed by atoms with Crippen LogP contribution in [0.3, 0.4) is 0 Å². The maximum absolute atomic E-state index is 11.9. The highest BCUT2D eigenvalue weighted by atomic mass is 32.2. The van der Waals surface area contributed by atoms with Gasteiger partial charge in [0, 0.05) is 19.1 Å². The summed E-state index contributed by atoms with van der Waals surface area (Å²) in [6, 6.07) is 0.107. The molecule has 2 N–H and O–H groups in total. The van der Waals surface area contributed by atoms with Crippen LogP contribution < -0.4 is 4.72 Å². The van der Waals surface area contributed by atoms with E-state index in [1.807, 2.05) is 0 Å². The summed E-state index contributed by atoms with van der Waals surface area (Å²) in [7, 11) is -3.36. The fourth-order valence-corrected chi connectivity index (χ4v) is 3.41. The molecule has 18 heavy (non-hydrogen) atoms. The number of hydrogen-bond donors (Lipinski definition) is 2. The second-order valence-corrected chi connectivity index (χ2v) is 6.40. The molecular weight excluding hydrogens is 260 g/mol. The first-order valence-electron chi connectivity index (χ1n) is 6.08. The average molecular weight is 278 g/mol. The minimum atomic E-state index is -3.36. The predicted octanol–water partition coefficient (Wildman–Crippen LogP) is -0.451. The summed E-state index contributed by atoms with van der Waals surface area (Å²) in [4.78, 5) is 10.4. The second-order valence-electron chi connectivity index (χ2n) is 4.70. The van der Waals surface area contributed by atoms with Crippen molar-refractivity contribution in [2.45, 2.75) is 37.8 Å². The third-order valence-corrected chi connectivity index (χ3v) is 4.75. The fourth-order valence-electron chi connectivity index (χ4n) is 1.91. The number of nitrogens with one attached hydrogen (secondary N) is 1. The van der Waals surface area contributed by atoms with Gasteiger partial charge in [0.25, 0.3) is 10.2 Å². The van der Waals surface area contributed by atoms with Crippen molar-refractivity contribution in [1.82, 2.24) is 9.03 Å². The van der Waals surface area contributed by atoms with E-state index >= 15 is 0 Å². The first kappa shape index (κ1) is 13.7. The van der Waals surface area contributed by atoms with E-state index in [0.717, 1.165) is 12.8 Å². The number of ether oxygens (including phenoxy) is 1. The van der Waals surface area contributed by atoms with Gasteiger partial charge in [0.15, 0.2) is 0 Å². The van der Waals surface area contributed by atoms with Crippen molar-refractivity contribution in [2.24, 2.45) is 0 Å². The van der Waals surface area contributed by atoms with Crippen molar-refractivity contribution < 1.29 is 23.1 Å². The van der Waals surface area contributed by atoms with Crippen LogP contribution in [-0.2, 0) is 19.7 Å². The van der Waals surface area contributed by atoms with Crippen LogP contribution >= 0.6 is 0 Å². The highest BCUT2D eigenvalue weighted by Gasteiger charge is 2.33. The Morgan fingerprint density at radius 1 is 1.28 bits per heavy atom. The Labute approximate surface area is 106 Å². The zero-order valence-electron chi connectivity index (χ0n) is 10.0. The minimum Gasteiger partial charge on any atom is -0.480 e. The lowest BCUT2D eigenvalue weighted by Crippen LogP contribution is -2.47. The zero-order valence-corrected chi connectivity index (χ0v) is 10.9. The molecule has 0 aromatic carbocycles. The van der Waals surface area contributed by atoms with Gasteiger partial charge in [-0.15, -0.1) is 0 Å². The van der Waals surface area contributed by atoms with Gasteiger partial charge in [-0.05, 0) is 25.7 Å². The molecule has 0 aromatic rings. The largest absolute Gasteiger partial charge is 0.480 e. The maximum Gasteiger partial charge on any atom is 0.329 e. The lowest BCUT2D eigenvalue weighted by atomic mass is 10.1. The number of nitrogens with zero attached hydrogens (tertiary/aromatic N) is 1. The van der Waals surface area contributed by atoms with Crippen molar-refractivity contribution in [3.63, 3.8) is 0 Å². The minimum absolute atomic E-state index is 0.107. The number of carboxylic acids is 1. The Kier molecular flexibility index (Phi) is 4.21. The molecule has 7 nitrogen and oxygen atoms in total. The number of carboxylic acid groups (broad SMARTS) is 1. The maximum atomic E-state index is 11.9. The third kappa shape index (κ3) is 3.91. The molecule has 2 fully saturated rings. The molecule has 0 bridgehead atoms. The summed E-state index contributed by atoms with van der Waals surface area (Å²) in [6.45, 7) is 0.441. The van der Waals surface area contributed by atoms with Crippen LogP contribution in [0.15, 0.2) is 0 Å². The molecule has 1 aliphatic heterocycles. The Morgan fingerprint density at radius 2 is 1.89 bits per heavy atom. The first-order chi connectivity index (χ1) is 8.47. The van der Waals surface area contributed by atoms with Crippen molar-refractivity contribution in [3.05, 3.63) is 0 Å². The number of aliphatic carboxylic acids is 1. The molecule has 1 saturated carbocycles. The van der Waals surface area contributed by atoms with E-state index in [-0.39, 0.29) is 18.8 Å². The quantitative estimate of drug-likeness (QED) is 0.686. The molecule has 1 saturated heterocycles. The lowest BCUT2D eigenvalue weighted by Gasteiger charge is -2.30. The number of carbonyl (C=O) groups is 1. The van der Waals surface area contributed by atoms with Gasteiger partial charge in [0.1, 0.15) is 6.61 Å².